The van der Waals surface area contributed by atoms with Crippen molar-refractivity contribution < 1.29 is 55.2 Å². The van der Waals surface area contributed by atoms with E-state index in [1.807, 2.05) is 6.07 Å². The number of methoxy groups -OCH3 is 3. The predicted molar refractivity (Wildman–Crippen MR) is 129 cm³/mol. The van der Waals surface area contributed by atoms with Crippen molar-refractivity contribution in [2.75, 3.05) is 27.9 Å². The summed E-state index contributed by atoms with van der Waals surface area (Å²) in [6, 6.07) is 9.31. The second-order valence-electron chi connectivity index (χ2n) is 8.24. The van der Waals surface area contributed by atoms with Crippen LogP contribution in [0.25, 0.3) is 0 Å². The molecule has 9 nitrogen and oxygen atoms in total. The molecule has 14 heteroatoms. The van der Waals surface area contributed by atoms with E-state index < -0.39 is 53.3 Å². The van der Waals surface area contributed by atoms with Gasteiger partial charge < -0.3 is 34.2 Å². The van der Waals surface area contributed by atoms with Crippen LogP contribution in [-0.4, -0.2) is 33.9 Å². The van der Waals surface area contributed by atoms with Crippen LogP contribution < -0.4 is 34.2 Å². The number of esters is 1. The van der Waals surface area contributed by atoms with Gasteiger partial charge in [0.25, 0.3) is 0 Å². The molecule has 1 aliphatic rings. The molecule has 0 radical (unpaired) electrons. The number of benzene rings is 3. The van der Waals surface area contributed by atoms with Crippen molar-refractivity contribution in [1.29, 1.82) is 5.26 Å². The molecule has 0 aliphatic carbocycles. The Morgan fingerprint density at radius 1 is 0.902 bits per heavy atom. The molecule has 214 valence electrons. The first-order valence-electron chi connectivity index (χ1n) is 11.4. The highest BCUT2D eigenvalue weighted by atomic mass is 19.2. The molecule has 3 aromatic rings. The minimum absolute atomic E-state index is 0.0627. The van der Waals surface area contributed by atoms with Gasteiger partial charge in [0, 0.05) is 11.6 Å². The fourth-order valence-corrected chi connectivity index (χ4v) is 4.11. The summed E-state index contributed by atoms with van der Waals surface area (Å²) in [5.74, 6) is -14.3. The SMILES string of the molecule is COc1cc(C2C(C#N)=C(N)Oc3cc(OC(=O)COc4c(F)c(F)c(F)c(F)c4F)ccc32)cc(OC)c1OC. The Labute approximate surface area is 229 Å². The van der Waals surface area contributed by atoms with E-state index in [9.17, 15) is 32.0 Å². The van der Waals surface area contributed by atoms with Crippen LogP contribution in [0.2, 0.25) is 0 Å². The second-order valence-corrected chi connectivity index (χ2v) is 8.24. The van der Waals surface area contributed by atoms with Crippen LogP contribution in [0.4, 0.5) is 22.0 Å². The molecule has 0 amide bonds. The average Bonchev–Trinajstić information content (AvgIpc) is 2.97. The third-order valence-corrected chi connectivity index (χ3v) is 5.95. The minimum atomic E-state index is -2.37. The number of halogens is 5. The van der Waals surface area contributed by atoms with Crippen molar-refractivity contribution in [3.05, 3.63) is 82.0 Å². The van der Waals surface area contributed by atoms with Crippen LogP contribution in [0, 0.1) is 40.4 Å². The summed E-state index contributed by atoms with van der Waals surface area (Å²) in [7, 11) is 4.27. The monoisotopic (exact) mass is 578 g/mol. The number of hydrogen-bond donors (Lipinski definition) is 1. The standard InChI is InChI=1S/C27H19F5N2O7/c1-36-16-6-11(7-17(37-2)25(16)38-3)19-13-5-4-12(8-15(13)41-27(34)14(19)9-33)40-18(35)10-39-26-23(31)21(29)20(28)22(30)24(26)32/h4-8,19H,10,34H2,1-3H3. The van der Waals surface area contributed by atoms with Gasteiger partial charge in [-0.15, -0.1) is 0 Å². The van der Waals surface area contributed by atoms with Gasteiger partial charge in [-0.3, -0.25) is 0 Å². The van der Waals surface area contributed by atoms with Gasteiger partial charge in [-0.1, -0.05) is 6.07 Å². The number of rotatable bonds is 8. The summed E-state index contributed by atoms with van der Waals surface area (Å²) in [4.78, 5) is 12.3. The van der Waals surface area contributed by atoms with E-state index in [4.69, 9.17) is 29.4 Å². The molecular weight excluding hydrogens is 559 g/mol. The number of hydrogen-bond acceptors (Lipinski definition) is 9. The summed E-state index contributed by atoms with van der Waals surface area (Å²) in [5, 5.41) is 9.83. The first-order valence-corrected chi connectivity index (χ1v) is 11.4. The maximum Gasteiger partial charge on any atom is 0.349 e. The number of nitrogens with zero attached hydrogens (tertiary/aromatic N) is 1. The molecule has 41 heavy (non-hydrogen) atoms. The summed E-state index contributed by atoms with van der Waals surface area (Å²) >= 11 is 0. The predicted octanol–water partition coefficient (Wildman–Crippen LogP) is 4.61. The van der Waals surface area contributed by atoms with E-state index >= 15 is 0 Å². The van der Waals surface area contributed by atoms with Crippen LogP contribution in [0.3, 0.4) is 0 Å². The number of allylic oxidation sites excluding steroid dienone is 1. The molecule has 0 saturated carbocycles. The quantitative estimate of drug-likeness (QED) is 0.134. The third kappa shape index (κ3) is 5.21. The lowest BCUT2D eigenvalue weighted by Crippen LogP contribution is -2.22. The van der Waals surface area contributed by atoms with Gasteiger partial charge in [-0.2, -0.15) is 14.0 Å². The topological polar surface area (TPSA) is 122 Å². The van der Waals surface area contributed by atoms with Gasteiger partial charge in [-0.25, -0.2) is 18.0 Å². The van der Waals surface area contributed by atoms with E-state index in [-0.39, 0.29) is 23.0 Å². The smallest absolute Gasteiger partial charge is 0.349 e. The van der Waals surface area contributed by atoms with Gasteiger partial charge in [0.2, 0.25) is 40.7 Å². The summed E-state index contributed by atoms with van der Waals surface area (Å²) in [6.07, 6.45) is 0. The molecule has 1 aliphatic heterocycles. The molecule has 0 saturated heterocycles. The molecule has 0 aromatic heterocycles. The van der Waals surface area contributed by atoms with E-state index in [0.717, 1.165) is 0 Å². The molecule has 3 aromatic carbocycles. The Hall–Kier alpha value is -5.19. The van der Waals surface area contributed by atoms with Crippen molar-refractivity contribution in [3.8, 4) is 40.6 Å². The van der Waals surface area contributed by atoms with E-state index in [1.54, 1.807) is 12.1 Å². The van der Waals surface area contributed by atoms with Crippen LogP contribution >= 0.6 is 0 Å². The van der Waals surface area contributed by atoms with Gasteiger partial charge in [0.15, 0.2) is 23.9 Å². The van der Waals surface area contributed by atoms with E-state index in [0.29, 0.717) is 28.4 Å². The normalized spacial score (nSPS) is 14.0. The fraction of sp³-hybridized carbons (Fsp3) is 0.185. The molecule has 0 bridgehead atoms. The van der Waals surface area contributed by atoms with Gasteiger partial charge in [0.1, 0.15) is 23.1 Å². The number of nitriles is 1. The van der Waals surface area contributed by atoms with E-state index in [1.165, 1.54) is 39.5 Å². The van der Waals surface area contributed by atoms with Crippen molar-refractivity contribution in [2.45, 2.75) is 5.92 Å². The van der Waals surface area contributed by atoms with Crippen LogP contribution in [0.1, 0.15) is 17.0 Å². The molecule has 1 unspecified atom stereocenters. The lowest BCUT2D eigenvalue weighted by Gasteiger charge is -2.27. The van der Waals surface area contributed by atoms with Gasteiger partial charge in [-0.05, 0) is 23.8 Å². The summed E-state index contributed by atoms with van der Waals surface area (Å²) in [5.41, 5.74) is 7.03. The zero-order valence-corrected chi connectivity index (χ0v) is 21.4. The maximum atomic E-state index is 13.8. The lowest BCUT2D eigenvalue weighted by molar-refractivity contribution is -0.136. The Morgan fingerprint density at radius 3 is 2.02 bits per heavy atom. The molecule has 0 fully saturated rings. The molecular formula is C27H19F5N2O7. The van der Waals surface area contributed by atoms with Crippen molar-refractivity contribution in [2.24, 2.45) is 5.73 Å². The molecule has 4 rings (SSSR count). The van der Waals surface area contributed by atoms with Gasteiger partial charge >= 0.3 is 5.97 Å². The largest absolute Gasteiger partial charge is 0.493 e. The first-order chi connectivity index (χ1) is 19.6. The van der Waals surface area contributed by atoms with Crippen LogP contribution in [-0.2, 0) is 4.79 Å². The van der Waals surface area contributed by atoms with Crippen molar-refractivity contribution in [1.82, 2.24) is 0 Å². The number of carbonyl (C=O) groups is 1. The molecule has 2 N–H and O–H groups in total. The second kappa shape index (κ2) is 11.5. The van der Waals surface area contributed by atoms with Crippen molar-refractivity contribution >= 4 is 5.97 Å². The Balaban J connectivity index is 1.62. The van der Waals surface area contributed by atoms with Gasteiger partial charge in [0.05, 0.1) is 27.2 Å². The van der Waals surface area contributed by atoms with E-state index in [2.05, 4.69) is 4.74 Å². The summed E-state index contributed by atoms with van der Waals surface area (Å²) < 4.78 is 98.9. The number of nitrogens with two attached hydrogens (primary N) is 1. The molecule has 1 atom stereocenters. The first kappa shape index (κ1) is 28.8. The zero-order valence-electron chi connectivity index (χ0n) is 21.4. The minimum Gasteiger partial charge on any atom is -0.493 e. The highest BCUT2D eigenvalue weighted by Gasteiger charge is 2.33. The maximum absolute atomic E-state index is 13.8. The molecule has 1 heterocycles. The summed E-state index contributed by atoms with van der Waals surface area (Å²) in [6.45, 7) is -1.20. The highest BCUT2D eigenvalue weighted by Crippen LogP contribution is 2.47. The molecule has 0 spiro atoms. The fourth-order valence-electron chi connectivity index (χ4n) is 4.11. The Morgan fingerprint density at radius 2 is 1.49 bits per heavy atom. The average molecular weight is 578 g/mol. The van der Waals surface area contributed by atoms with Crippen LogP contribution in [0.5, 0.6) is 34.5 Å². The Kier molecular flexibility index (Phi) is 8.08. The number of ether oxygens (including phenoxy) is 6. The zero-order chi connectivity index (χ0) is 30.0. The lowest BCUT2D eigenvalue weighted by atomic mass is 9.83. The number of fused-ring (bicyclic) bond motifs is 1. The Bertz CT molecular complexity index is 1570. The highest BCUT2D eigenvalue weighted by molar-refractivity contribution is 5.74. The van der Waals surface area contributed by atoms with Crippen LogP contribution in [0.15, 0.2) is 41.8 Å². The third-order valence-electron chi connectivity index (χ3n) is 5.95. The number of carbonyl (C=O) groups excluding carboxylic acids is 1. The van der Waals surface area contributed by atoms with Crippen molar-refractivity contribution in [3.63, 3.8) is 0 Å².